The third-order valence-corrected chi connectivity index (χ3v) is 7.37. The van der Waals surface area contributed by atoms with Gasteiger partial charge in [0.05, 0.1) is 30.8 Å². The number of hydrogen-bond donors (Lipinski definition) is 13. The quantitative estimate of drug-likeness (QED) is 0.0976. The minimum atomic E-state index is -4.67. The molecule has 0 aromatic rings. The summed E-state index contributed by atoms with van der Waals surface area (Å²) in [7, 11) is -4.67. The van der Waals surface area contributed by atoms with E-state index in [9.17, 15) is 30.3 Å². The van der Waals surface area contributed by atoms with E-state index in [1.165, 1.54) is 0 Å². The van der Waals surface area contributed by atoms with Crippen molar-refractivity contribution in [3.63, 3.8) is 0 Å². The molecule has 43 heavy (non-hydrogen) atoms. The number of carbonyl (C=O) groups is 1. The molecule has 1 saturated carbocycles. The molecule has 0 bridgehead atoms. The van der Waals surface area contributed by atoms with Crippen LogP contribution < -0.4 is 34.0 Å². The summed E-state index contributed by atoms with van der Waals surface area (Å²) in [5, 5.41) is 54.4. The normalized spacial score (nSPS) is 41.1. The number of amides is 1. The van der Waals surface area contributed by atoms with E-state index < -0.39 is 102 Å². The summed E-state index contributed by atoms with van der Waals surface area (Å²) < 4.78 is 54.9. The molecule has 0 aromatic carbocycles. The zero-order valence-corrected chi connectivity index (χ0v) is 24.1. The van der Waals surface area contributed by atoms with Crippen molar-refractivity contribution in [3.05, 3.63) is 0 Å². The molecular weight excluding hydrogens is 604 g/mol. The lowest BCUT2D eigenvalue weighted by Gasteiger charge is -2.48. The lowest BCUT2D eigenvalue weighted by molar-refractivity contribution is -0.314. The first-order valence-corrected chi connectivity index (χ1v) is 15.0. The van der Waals surface area contributed by atoms with Crippen molar-refractivity contribution >= 4 is 16.3 Å². The lowest BCUT2D eigenvalue weighted by atomic mass is 9.83. The third-order valence-electron chi connectivity index (χ3n) is 7.37. The van der Waals surface area contributed by atoms with Crippen LogP contribution in [-0.2, 0) is 34.1 Å². The number of rotatable bonds is 10. The molecule has 21 heteroatoms. The Kier molecular flexibility index (Phi) is 14.9. The minimum Gasteiger partial charge on any atom is -0.394 e. The maximum absolute atomic E-state index is 12.6. The van der Waals surface area contributed by atoms with E-state index in [2.05, 4.69) is 5.32 Å². The van der Waals surface area contributed by atoms with Gasteiger partial charge in [-0.2, -0.15) is 8.42 Å². The largest absolute Gasteiger partial charge is 0.394 e. The Labute approximate surface area is 248 Å². The average Bonchev–Trinajstić information content (AvgIpc) is 2.93. The summed E-state index contributed by atoms with van der Waals surface area (Å²) in [6.07, 6.45) is -10.8. The van der Waals surface area contributed by atoms with Crippen LogP contribution in [0.1, 0.15) is 25.7 Å². The van der Waals surface area contributed by atoms with E-state index >= 15 is 0 Å². The van der Waals surface area contributed by atoms with Crippen LogP contribution in [-0.4, -0.2) is 154 Å². The number of nitrogens with two attached hydrogens (primary N) is 5. The van der Waals surface area contributed by atoms with E-state index in [0.29, 0.717) is 12.8 Å². The van der Waals surface area contributed by atoms with Crippen LogP contribution in [0, 0.1) is 0 Å². The first-order chi connectivity index (χ1) is 20.0. The molecule has 0 spiro atoms. The monoisotopic (exact) mass is 650 g/mol. The van der Waals surface area contributed by atoms with Crippen molar-refractivity contribution in [2.24, 2.45) is 28.7 Å². The zero-order chi connectivity index (χ0) is 32.6. The molecule has 0 aromatic heterocycles. The van der Waals surface area contributed by atoms with Crippen molar-refractivity contribution in [1.82, 2.24) is 5.32 Å². The topological polar surface area (TPSA) is 372 Å². The molecule has 2 heterocycles. The molecule has 0 radical (unpaired) electrons. The van der Waals surface area contributed by atoms with Crippen LogP contribution in [0.25, 0.3) is 0 Å². The van der Waals surface area contributed by atoms with Gasteiger partial charge in [-0.05, 0) is 32.2 Å². The Hall–Kier alpha value is -1.22. The van der Waals surface area contributed by atoms with Gasteiger partial charge < -0.3 is 78.5 Å². The molecule has 3 aliphatic rings. The van der Waals surface area contributed by atoms with Crippen molar-refractivity contribution in [2.75, 3.05) is 19.7 Å². The molecule has 254 valence electrons. The van der Waals surface area contributed by atoms with Crippen LogP contribution in [0.15, 0.2) is 0 Å². The molecule has 3 fully saturated rings. The Bertz CT molecular complexity index is 961. The second-order valence-electron chi connectivity index (χ2n) is 10.6. The van der Waals surface area contributed by atoms with Crippen LogP contribution in [0.5, 0.6) is 0 Å². The molecule has 1 aliphatic carbocycles. The fourth-order valence-electron chi connectivity index (χ4n) is 5.02. The fraction of sp³-hybridized carbons (Fsp3) is 0.955. The molecule has 18 N–H and O–H groups in total. The second-order valence-corrected chi connectivity index (χ2v) is 11.5. The summed E-state index contributed by atoms with van der Waals surface area (Å²) in [5.74, 6) is -0.762. The molecule has 14 atom stereocenters. The molecule has 1 amide bonds. The van der Waals surface area contributed by atoms with Crippen molar-refractivity contribution < 1.29 is 66.8 Å². The van der Waals surface area contributed by atoms with Crippen LogP contribution in [0.4, 0.5) is 0 Å². The number of aliphatic hydroxyl groups excluding tert-OH is 5. The summed E-state index contributed by atoms with van der Waals surface area (Å²) in [4.78, 5) is 12.6. The smallest absolute Gasteiger partial charge is 0.394 e. The number of nitrogens with one attached hydrogen (secondary N) is 1. The molecule has 2 aliphatic heterocycles. The maximum Gasteiger partial charge on any atom is 0.394 e. The second kappa shape index (κ2) is 16.9. The first-order valence-electron chi connectivity index (χ1n) is 13.6. The molecule has 20 nitrogen and oxygen atoms in total. The zero-order valence-electron chi connectivity index (χ0n) is 23.3. The Morgan fingerprint density at radius 3 is 2.09 bits per heavy atom. The van der Waals surface area contributed by atoms with Gasteiger partial charge in [0.2, 0.25) is 5.91 Å². The van der Waals surface area contributed by atoms with Crippen molar-refractivity contribution in [2.45, 2.75) is 111 Å². The predicted octanol–water partition coefficient (Wildman–Crippen LogP) is -7.05. The van der Waals surface area contributed by atoms with Gasteiger partial charge in [-0.3, -0.25) is 13.9 Å². The number of carbonyl (C=O) groups excluding carboxylic acids is 1. The van der Waals surface area contributed by atoms with E-state index in [0.717, 1.165) is 0 Å². The van der Waals surface area contributed by atoms with E-state index in [1.807, 2.05) is 0 Å². The van der Waals surface area contributed by atoms with Gasteiger partial charge in [-0.25, -0.2) is 0 Å². The van der Waals surface area contributed by atoms with Crippen LogP contribution in [0.3, 0.4) is 0 Å². The van der Waals surface area contributed by atoms with Gasteiger partial charge in [0.15, 0.2) is 12.6 Å². The number of aliphatic hydroxyl groups is 5. The number of ether oxygens (including phenoxy) is 4. The summed E-state index contributed by atoms with van der Waals surface area (Å²) in [6.45, 7) is -0.296. The van der Waals surface area contributed by atoms with Crippen molar-refractivity contribution in [1.29, 1.82) is 0 Å². The number of hydrogen-bond acceptors (Lipinski definition) is 17. The molecular formula is C22H46N6O14S. The highest BCUT2D eigenvalue weighted by atomic mass is 32.3. The van der Waals surface area contributed by atoms with E-state index in [-0.39, 0.29) is 32.0 Å². The highest BCUT2D eigenvalue weighted by Crippen LogP contribution is 2.31. The predicted molar refractivity (Wildman–Crippen MR) is 145 cm³/mol. The van der Waals surface area contributed by atoms with E-state index in [4.69, 9.17) is 65.1 Å². The SMILES string of the molecule is NCCC(O)C(=O)N[C@@H]1C[C@H](N)[C@@H](O[C@H]2O[C@H](CN)CC[C@H]2N)[C@H](O)[C@H]1O[C@H]1O[C@H](CO)[C@@H](O)[C@H](N)[C@H]1O.O=S(=O)(O)O. The van der Waals surface area contributed by atoms with Crippen LogP contribution >= 0.6 is 0 Å². The summed E-state index contributed by atoms with van der Waals surface area (Å²) in [6, 6.07) is -3.54. The van der Waals surface area contributed by atoms with Crippen molar-refractivity contribution in [3.8, 4) is 0 Å². The van der Waals surface area contributed by atoms with Crippen LogP contribution in [0.2, 0.25) is 0 Å². The third kappa shape index (κ3) is 11.0. The van der Waals surface area contributed by atoms with Gasteiger partial charge in [0.25, 0.3) is 0 Å². The Morgan fingerprint density at radius 2 is 1.53 bits per heavy atom. The molecule has 3 rings (SSSR count). The standard InChI is InChI=1S/C22H44N6O10.H2O4S/c23-4-3-12(30)20(34)28-11-5-10(26)18(37-21-9(25)2-1-8(6-24)35-21)17(33)19(11)38-22-16(32)14(27)15(31)13(7-29)36-22;1-5(2,3)4/h8-19,21-22,29-33H,1-7,23-27H2,(H,28,34);(H2,1,2,3,4)/t8-,9+,10-,11+,12?,13+,14-,15+,16+,17-,18+,19-,21+,22+;/m0./s1. The summed E-state index contributed by atoms with van der Waals surface area (Å²) in [5.41, 5.74) is 29.6. The van der Waals surface area contributed by atoms with Gasteiger partial charge >= 0.3 is 10.4 Å². The Morgan fingerprint density at radius 1 is 0.930 bits per heavy atom. The highest BCUT2D eigenvalue weighted by molar-refractivity contribution is 7.79. The van der Waals surface area contributed by atoms with Gasteiger partial charge in [-0.1, -0.05) is 0 Å². The van der Waals surface area contributed by atoms with Gasteiger partial charge in [0.1, 0.15) is 42.7 Å². The minimum absolute atomic E-state index is 0.000983. The van der Waals surface area contributed by atoms with E-state index in [1.54, 1.807) is 0 Å². The first kappa shape index (κ1) is 38.0. The molecule has 1 unspecified atom stereocenters. The fourth-order valence-corrected chi connectivity index (χ4v) is 5.02. The molecule has 2 saturated heterocycles. The highest BCUT2D eigenvalue weighted by Gasteiger charge is 2.51. The maximum atomic E-state index is 12.6. The average molecular weight is 651 g/mol. The summed E-state index contributed by atoms with van der Waals surface area (Å²) >= 11 is 0. The Balaban J connectivity index is 0.00000119. The lowest BCUT2D eigenvalue weighted by Crippen LogP contribution is -2.69. The van der Waals surface area contributed by atoms with Gasteiger partial charge in [0, 0.05) is 12.6 Å². The van der Waals surface area contributed by atoms with Gasteiger partial charge in [-0.15, -0.1) is 0 Å².